The van der Waals surface area contributed by atoms with E-state index in [1.54, 1.807) is 6.07 Å². The van der Waals surface area contributed by atoms with E-state index in [4.69, 9.17) is 0 Å². The van der Waals surface area contributed by atoms with E-state index < -0.39 is 5.97 Å². The number of benzene rings is 1. The molecule has 1 heterocycles. The van der Waals surface area contributed by atoms with Crippen LogP contribution in [0.15, 0.2) is 30.3 Å². The Morgan fingerprint density at radius 1 is 1.35 bits per heavy atom. The fraction of sp³-hybridized carbons (Fsp3) is 0.375. The second-order valence-electron chi connectivity index (χ2n) is 5.64. The Morgan fingerprint density at radius 2 is 2.15 bits per heavy atom. The normalized spacial score (nSPS) is 22.1. The van der Waals surface area contributed by atoms with Crippen LogP contribution in [-0.2, 0) is 0 Å². The van der Waals surface area contributed by atoms with Gasteiger partial charge in [-0.25, -0.2) is 9.78 Å². The van der Waals surface area contributed by atoms with Gasteiger partial charge < -0.3 is 10.4 Å². The molecule has 2 N–H and O–H groups in total. The van der Waals surface area contributed by atoms with Gasteiger partial charge in [0.25, 0.3) is 0 Å². The standard InChI is InChI=1S/C16H18N2O2/c1-10-6-7-12(8-10)17-15-13-5-3-2-4-11(13)9-14(18-15)16(19)20/h2-5,9-10,12H,6-8H2,1H3,(H,17,18)(H,19,20). The van der Waals surface area contributed by atoms with Crippen LogP contribution in [0.4, 0.5) is 5.82 Å². The number of carbonyl (C=O) groups is 1. The number of carboxylic acid groups (broad SMARTS) is 1. The molecule has 0 amide bonds. The maximum absolute atomic E-state index is 11.2. The molecular weight excluding hydrogens is 252 g/mol. The number of aromatic carboxylic acids is 1. The first-order chi connectivity index (χ1) is 9.63. The number of nitrogens with zero attached hydrogens (tertiary/aromatic N) is 1. The van der Waals surface area contributed by atoms with Crippen LogP contribution in [0.25, 0.3) is 10.8 Å². The van der Waals surface area contributed by atoms with Gasteiger partial charge in [-0.1, -0.05) is 31.2 Å². The van der Waals surface area contributed by atoms with Crippen molar-refractivity contribution in [3.63, 3.8) is 0 Å². The summed E-state index contributed by atoms with van der Waals surface area (Å²) in [6.07, 6.45) is 3.45. The van der Waals surface area contributed by atoms with E-state index in [1.165, 1.54) is 6.42 Å². The Bertz CT molecular complexity index is 654. The first kappa shape index (κ1) is 12.9. The summed E-state index contributed by atoms with van der Waals surface area (Å²) in [7, 11) is 0. The van der Waals surface area contributed by atoms with Gasteiger partial charge in [0, 0.05) is 11.4 Å². The van der Waals surface area contributed by atoms with Gasteiger partial charge in [0.1, 0.15) is 5.82 Å². The molecule has 0 aliphatic heterocycles. The van der Waals surface area contributed by atoms with Crippen molar-refractivity contribution in [2.45, 2.75) is 32.2 Å². The van der Waals surface area contributed by atoms with E-state index >= 15 is 0 Å². The number of hydrogen-bond donors (Lipinski definition) is 2. The molecule has 4 nitrogen and oxygen atoms in total. The maximum atomic E-state index is 11.2. The first-order valence-corrected chi connectivity index (χ1v) is 7.03. The molecule has 0 spiro atoms. The highest BCUT2D eigenvalue weighted by molar-refractivity contribution is 5.97. The van der Waals surface area contributed by atoms with Crippen molar-refractivity contribution in [3.8, 4) is 0 Å². The molecule has 1 fully saturated rings. The zero-order chi connectivity index (χ0) is 14.1. The summed E-state index contributed by atoms with van der Waals surface area (Å²) in [5.41, 5.74) is 0.0947. The van der Waals surface area contributed by atoms with Gasteiger partial charge in [-0.05, 0) is 36.6 Å². The van der Waals surface area contributed by atoms with Crippen LogP contribution in [-0.4, -0.2) is 22.1 Å². The van der Waals surface area contributed by atoms with Crippen LogP contribution < -0.4 is 5.32 Å². The molecule has 2 aromatic rings. The molecule has 1 aromatic heterocycles. The number of fused-ring (bicyclic) bond motifs is 1. The quantitative estimate of drug-likeness (QED) is 0.895. The Hall–Kier alpha value is -2.10. The highest BCUT2D eigenvalue weighted by Crippen LogP contribution is 2.30. The molecule has 3 rings (SSSR count). The lowest BCUT2D eigenvalue weighted by atomic mass is 10.1. The number of carboxylic acids is 1. The van der Waals surface area contributed by atoms with Crippen LogP contribution in [0.5, 0.6) is 0 Å². The SMILES string of the molecule is CC1CCC(Nc2nc(C(=O)O)cc3ccccc23)C1. The minimum atomic E-state index is -0.987. The Labute approximate surface area is 117 Å². The summed E-state index contributed by atoms with van der Waals surface area (Å²) in [4.78, 5) is 15.5. The number of hydrogen-bond acceptors (Lipinski definition) is 3. The van der Waals surface area contributed by atoms with Gasteiger partial charge >= 0.3 is 5.97 Å². The van der Waals surface area contributed by atoms with Crippen molar-refractivity contribution in [1.82, 2.24) is 4.98 Å². The fourth-order valence-corrected chi connectivity index (χ4v) is 2.95. The third-order valence-electron chi connectivity index (χ3n) is 4.00. The van der Waals surface area contributed by atoms with Gasteiger partial charge in [0.2, 0.25) is 0 Å². The van der Waals surface area contributed by atoms with Gasteiger partial charge in [-0.15, -0.1) is 0 Å². The lowest BCUT2D eigenvalue weighted by Crippen LogP contribution is -2.17. The second kappa shape index (κ2) is 5.12. The molecule has 2 atom stereocenters. The molecule has 1 aliphatic carbocycles. The average molecular weight is 270 g/mol. The Balaban J connectivity index is 2.01. The predicted molar refractivity (Wildman–Crippen MR) is 79.1 cm³/mol. The van der Waals surface area contributed by atoms with Gasteiger partial charge in [-0.2, -0.15) is 0 Å². The van der Waals surface area contributed by atoms with Crippen LogP contribution in [0.3, 0.4) is 0 Å². The minimum Gasteiger partial charge on any atom is -0.477 e. The molecule has 2 unspecified atom stereocenters. The number of pyridine rings is 1. The lowest BCUT2D eigenvalue weighted by Gasteiger charge is -2.15. The molecule has 1 aromatic carbocycles. The van der Waals surface area contributed by atoms with Crippen molar-refractivity contribution in [3.05, 3.63) is 36.0 Å². The van der Waals surface area contributed by atoms with E-state index in [0.29, 0.717) is 11.9 Å². The van der Waals surface area contributed by atoms with E-state index in [0.717, 1.165) is 29.5 Å². The summed E-state index contributed by atoms with van der Waals surface area (Å²) >= 11 is 0. The first-order valence-electron chi connectivity index (χ1n) is 7.03. The summed E-state index contributed by atoms with van der Waals surface area (Å²) in [5, 5.41) is 14.5. The third kappa shape index (κ3) is 2.46. The van der Waals surface area contributed by atoms with Crippen molar-refractivity contribution >= 4 is 22.6 Å². The Morgan fingerprint density at radius 3 is 2.85 bits per heavy atom. The van der Waals surface area contributed by atoms with E-state index in [-0.39, 0.29) is 5.69 Å². The van der Waals surface area contributed by atoms with Crippen molar-refractivity contribution in [1.29, 1.82) is 0 Å². The molecular formula is C16H18N2O2. The molecule has 0 radical (unpaired) electrons. The van der Waals surface area contributed by atoms with Crippen LogP contribution >= 0.6 is 0 Å². The zero-order valence-corrected chi connectivity index (χ0v) is 11.5. The maximum Gasteiger partial charge on any atom is 0.354 e. The highest BCUT2D eigenvalue weighted by atomic mass is 16.4. The lowest BCUT2D eigenvalue weighted by molar-refractivity contribution is 0.0691. The number of aromatic nitrogens is 1. The number of nitrogens with one attached hydrogen (secondary N) is 1. The monoisotopic (exact) mass is 270 g/mol. The van der Waals surface area contributed by atoms with Crippen LogP contribution in [0, 0.1) is 5.92 Å². The zero-order valence-electron chi connectivity index (χ0n) is 11.5. The molecule has 20 heavy (non-hydrogen) atoms. The summed E-state index contributed by atoms with van der Waals surface area (Å²) in [6, 6.07) is 9.79. The van der Waals surface area contributed by atoms with Gasteiger partial charge in [0.05, 0.1) is 0 Å². The predicted octanol–water partition coefficient (Wildman–Crippen LogP) is 3.53. The van der Waals surface area contributed by atoms with E-state index in [1.807, 2.05) is 24.3 Å². The smallest absolute Gasteiger partial charge is 0.354 e. The minimum absolute atomic E-state index is 0.0947. The number of anilines is 1. The molecule has 4 heteroatoms. The van der Waals surface area contributed by atoms with Crippen molar-refractivity contribution < 1.29 is 9.90 Å². The third-order valence-corrected chi connectivity index (χ3v) is 4.00. The fourth-order valence-electron chi connectivity index (χ4n) is 2.95. The second-order valence-corrected chi connectivity index (χ2v) is 5.64. The largest absolute Gasteiger partial charge is 0.477 e. The topological polar surface area (TPSA) is 62.2 Å². The Kier molecular flexibility index (Phi) is 3.30. The summed E-state index contributed by atoms with van der Waals surface area (Å²) < 4.78 is 0. The number of rotatable bonds is 3. The van der Waals surface area contributed by atoms with E-state index in [2.05, 4.69) is 17.2 Å². The molecule has 1 aliphatic rings. The average Bonchev–Trinajstić information content (AvgIpc) is 2.84. The van der Waals surface area contributed by atoms with Crippen molar-refractivity contribution in [2.75, 3.05) is 5.32 Å². The summed E-state index contributed by atoms with van der Waals surface area (Å²) in [5.74, 6) is 0.430. The van der Waals surface area contributed by atoms with Gasteiger partial charge in [0.15, 0.2) is 5.69 Å². The van der Waals surface area contributed by atoms with E-state index in [9.17, 15) is 9.90 Å². The highest BCUT2D eigenvalue weighted by Gasteiger charge is 2.22. The van der Waals surface area contributed by atoms with Crippen LogP contribution in [0.1, 0.15) is 36.7 Å². The van der Waals surface area contributed by atoms with Gasteiger partial charge in [-0.3, -0.25) is 0 Å². The molecule has 0 saturated heterocycles. The summed E-state index contributed by atoms with van der Waals surface area (Å²) in [6.45, 7) is 2.25. The van der Waals surface area contributed by atoms with Crippen molar-refractivity contribution in [2.24, 2.45) is 5.92 Å². The molecule has 104 valence electrons. The van der Waals surface area contributed by atoms with Crippen LogP contribution in [0.2, 0.25) is 0 Å². The molecule has 1 saturated carbocycles. The molecule has 0 bridgehead atoms.